The molecule has 0 heterocycles. The largest absolute Gasteiger partial charge is 0.352 e. The molecule has 1 atom stereocenters. The molecule has 1 saturated carbocycles. The maximum atomic E-state index is 14.7. The van der Waals surface area contributed by atoms with E-state index in [1.807, 2.05) is 37.3 Å². The molecule has 5 rings (SSSR count). The van der Waals surface area contributed by atoms with Gasteiger partial charge in [-0.3, -0.25) is 13.9 Å². The molecule has 4 aromatic carbocycles. The number of rotatable bonds is 12. The normalized spacial score (nSPS) is 14.0. The molecule has 0 aliphatic heterocycles. The summed E-state index contributed by atoms with van der Waals surface area (Å²) >= 11 is 25.2. The predicted octanol–water partition coefficient (Wildman–Crippen LogP) is 8.50. The summed E-state index contributed by atoms with van der Waals surface area (Å²) in [6.45, 7) is 1.16. The lowest BCUT2D eigenvalue weighted by atomic mass is 10.0. The minimum Gasteiger partial charge on any atom is -0.352 e. The Labute approximate surface area is 301 Å². The van der Waals surface area contributed by atoms with Crippen molar-refractivity contribution in [3.05, 3.63) is 128 Å². The fourth-order valence-corrected chi connectivity index (χ4v) is 8.04. The molecular weight excluding hydrogens is 712 g/mol. The van der Waals surface area contributed by atoms with Crippen molar-refractivity contribution in [1.29, 1.82) is 0 Å². The van der Waals surface area contributed by atoms with Gasteiger partial charge in [0.1, 0.15) is 12.6 Å². The summed E-state index contributed by atoms with van der Waals surface area (Å²) in [6.07, 6.45) is 3.91. The van der Waals surface area contributed by atoms with E-state index in [0.29, 0.717) is 10.6 Å². The molecule has 0 aromatic heterocycles. The van der Waals surface area contributed by atoms with Gasteiger partial charge in [0.05, 0.1) is 20.6 Å². The van der Waals surface area contributed by atoms with Gasteiger partial charge >= 0.3 is 0 Å². The summed E-state index contributed by atoms with van der Waals surface area (Å²) in [6, 6.07) is 24.0. The quantitative estimate of drug-likeness (QED) is 0.158. The third-order valence-electron chi connectivity index (χ3n) is 8.33. The van der Waals surface area contributed by atoms with Crippen molar-refractivity contribution in [3.63, 3.8) is 0 Å². The average Bonchev–Trinajstić information content (AvgIpc) is 3.56. The van der Waals surface area contributed by atoms with Crippen LogP contribution in [0, 0.1) is 6.92 Å². The fourth-order valence-electron chi connectivity index (χ4n) is 5.81. The topological polar surface area (TPSA) is 86.8 Å². The zero-order valence-electron chi connectivity index (χ0n) is 26.2. The number of carbonyl (C=O) groups is 2. The van der Waals surface area contributed by atoms with E-state index in [1.54, 1.807) is 30.3 Å². The third-order valence-corrected chi connectivity index (χ3v) is 11.3. The molecule has 0 unspecified atom stereocenters. The van der Waals surface area contributed by atoms with Crippen molar-refractivity contribution in [3.8, 4) is 0 Å². The van der Waals surface area contributed by atoms with Crippen molar-refractivity contribution < 1.29 is 18.0 Å². The Morgan fingerprint density at radius 3 is 2.08 bits per heavy atom. The maximum Gasteiger partial charge on any atom is 0.264 e. The minimum absolute atomic E-state index is 0.00952. The van der Waals surface area contributed by atoms with Crippen LogP contribution in [0.5, 0.6) is 0 Å². The highest BCUT2D eigenvalue weighted by molar-refractivity contribution is 7.92. The molecule has 48 heavy (non-hydrogen) atoms. The first-order chi connectivity index (χ1) is 22.9. The maximum absolute atomic E-state index is 14.7. The number of aryl methyl sites for hydroxylation is 1. The average molecular weight is 748 g/mol. The molecule has 0 saturated heterocycles. The highest BCUT2D eigenvalue weighted by Gasteiger charge is 2.36. The third kappa shape index (κ3) is 9.04. The van der Waals surface area contributed by atoms with Crippen LogP contribution in [0.25, 0.3) is 0 Å². The molecule has 2 amide bonds. The van der Waals surface area contributed by atoms with Gasteiger partial charge in [-0.05, 0) is 73.4 Å². The van der Waals surface area contributed by atoms with Gasteiger partial charge in [-0.25, -0.2) is 8.42 Å². The number of halogens is 4. The number of hydrogen-bond donors (Lipinski definition) is 1. The van der Waals surface area contributed by atoms with Crippen molar-refractivity contribution in [1.82, 2.24) is 10.2 Å². The Bertz CT molecular complexity index is 1850. The number of anilines is 1. The highest BCUT2D eigenvalue weighted by Crippen LogP contribution is 2.31. The SMILES string of the molecule is Cc1ccc(S(=O)(=O)N(CC(=O)N(Cc2ccc(Cl)c(Cl)c2)[C@@H](Cc2ccccc2)C(=O)NC2CCCC2)c2cc(Cl)cc(Cl)c2)cc1. The van der Waals surface area contributed by atoms with E-state index in [0.717, 1.165) is 41.1 Å². The molecule has 1 N–H and O–H groups in total. The van der Waals surface area contributed by atoms with Crippen LogP contribution in [0.1, 0.15) is 42.4 Å². The predicted molar refractivity (Wildman–Crippen MR) is 194 cm³/mol. The van der Waals surface area contributed by atoms with Crippen LogP contribution >= 0.6 is 46.4 Å². The lowest BCUT2D eigenvalue weighted by Gasteiger charge is -2.34. The van der Waals surface area contributed by atoms with Gasteiger partial charge in [0.2, 0.25) is 11.8 Å². The molecule has 1 aliphatic rings. The standard InChI is InChI=1S/C36H35Cl4N3O4S/c1-24-11-14-31(15-12-24)48(46,47)43(30-20-27(37)19-28(38)21-30)23-35(44)42(22-26-13-16-32(39)33(40)17-26)34(18-25-7-3-2-4-8-25)36(45)41-29-9-5-6-10-29/h2-4,7-8,11-17,19-21,29,34H,5-6,9-10,18,22-23H2,1H3,(H,41,45)/t34-/m0/s1. The minimum atomic E-state index is -4.31. The Balaban J connectivity index is 1.59. The van der Waals surface area contributed by atoms with E-state index in [-0.39, 0.29) is 50.6 Å². The van der Waals surface area contributed by atoms with Crippen LogP contribution in [0.2, 0.25) is 20.1 Å². The molecule has 1 aliphatic carbocycles. The molecule has 0 bridgehead atoms. The summed E-state index contributed by atoms with van der Waals surface area (Å²) in [7, 11) is -4.31. The first kappa shape index (κ1) is 36.0. The van der Waals surface area contributed by atoms with Crippen molar-refractivity contribution in [2.45, 2.75) is 62.6 Å². The molecule has 12 heteroatoms. The molecule has 4 aromatic rings. The van der Waals surface area contributed by atoms with E-state index in [9.17, 15) is 18.0 Å². The van der Waals surface area contributed by atoms with E-state index >= 15 is 0 Å². The number of amides is 2. The lowest BCUT2D eigenvalue weighted by Crippen LogP contribution is -2.54. The first-order valence-corrected chi connectivity index (χ1v) is 18.5. The van der Waals surface area contributed by atoms with Gasteiger partial charge in [-0.1, -0.05) is 113 Å². The van der Waals surface area contributed by atoms with Crippen LogP contribution in [-0.2, 0) is 32.6 Å². The van der Waals surface area contributed by atoms with Gasteiger partial charge < -0.3 is 10.2 Å². The number of carbonyl (C=O) groups excluding carboxylic acids is 2. The van der Waals surface area contributed by atoms with Gasteiger partial charge in [0.25, 0.3) is 10.0 Å². The summed E-state index contributed by atoms with van der Waals surface area (Å²) in [5.74, 6) is -0.937. The van der Waals surface area contributed by atoms with E-state index < -0.39 is 28.5 Å². The second-order valence-corrected chi connectivity index (χ2v) is 15.5. The Morgan fingerprint density at radius 2 is 1.46 bits per heavy atom. The smallest absolute Gasteiger partial charge is 0.264 e. The number of nitrogens with zero attached hydrogens (tertiary/aromatic N) is 2. The summed E-state index contributed by atoms with van der Waals surface area (Å²) < 4.78 is 29.5. The van der Waals surface area contributed by atoms with E-state index in [4.69, 9.17) is 46.4 Å². The number of nitrogens with one attached hydrogen (secondary N) is 1. The van der Waals surface area contributed by atoms with Gasteiger partial charge in [-0.2, -0.15) is 0 Å². The van der Waals surface area contributed by atoms with Gasteiger partial charge in [-0.15, -0.1) is 0 Å². The molecule has 252 valence electrons. The molecule has 0 radical (unpaired) electrons. The fraction of sp³-hybridized carbons (Fsp3) is 0.278. The molecule has 1 fully saturated rings. The Kier molecular flexibility index (Phi) is 12.0. The summed E-state index contributed by atoms with van der Waals surface area (Å²) in [5, 5.41) is 4.17. The lowest BCUT2D eigenvalue weighted by molar-refractivity contribution is -0.140. The Morgan fingerprint density at radius 1 is 0.812 bits per heavy atom. The van der Waals surface area contributed by atoms with E-state index in [2.05, 4.69) is 5.32 Å². The first-order valence-electron chi connectivity index (χ1n) is 15.5. The van der Waals surface area contributed by atoms with Gasteiger partial charge in [0.15, 0.2) is 0 Å². The van der Waals surface area contributed by atoms with Crippen LogP contribution in [0.3, 0.4) is 0 Å². The van der Waals surface area contributed by atoms with Crippen molar-refractivity contribution >= 4 is 73.9 Å². The second kappa shape index (κ2) is 16.0. The number of sulfonamides is 1. The van der Waals surface area contributed by atoms with Crippen LogP contribution in [-0.4, -0.2) is 43.8 Å². The Hall–Kier alpha value is -3.27. The highest BCUT2D eigenvalue weighted by atomic mass is 35.5. The second-order valence-electron chi connectivity index (χ2n) is 11.9. The zero-order valence-corrected chi connectivity index (χ0v) is 30.1. The summed E-state index contributed by atoms with van der Waals surface area (Å²) in [5.41, 5.74) is 2.42. The van der Waals surface area contributed by atoms with Crippen molar-refractivity contribution in [2.24, 2.45) is 0 Å². The van der Waals surface area contributed by atoms with E-state index in [1.165, 1.54) is 35.2 Å². The number of benzene rings is 4. The molecule has 7 nitrogen and oxygen atoms in total. The molecule has 0 spiro atoms. The summed E-state index contributed by atoms with van der Waals surface area (Å²) in [4.78, 5) is 30.2. The van der Waals surface area contributed by atoms with Gasteiger partial charge in [0, 0.05) is 29.1 Å². The van der Waals surface area contributed by atoms with Crippen LogP contribution in [0.15, 0.2) is 95.9 Å². The van der Waals surface area contributed by atoms with Crippen LogP contribution in [0.4, 0.5) is 5.69 Å². The zero-order chi connectivity index (χ0) is 34.4. The van der Waals surface area contributed by atoms with Crippen LogP contribution < -0.4 is 9.62 Å². The monoisotopic (exact) mass is 745 g/mol. The van der Waals surface area contributed by atoms with Crippen molar-refractivity contribution in [2.75, 3.05) is 10.8 Å². The molecular formula is C36H35Cl4N3O4S. The number of hydrogen-bond acceptors (Lipinski definition) is 4.